The predicted molar refractivity (Wildman–Crippen MR) is 117 cm³/mol. The Kier molecular flexibility index (Phi) is 5.47. The highest BCUT2D eigenvalue weighted by Crippen LogP contribution is 2.31. The number of carbonyl (C=O) groups excluding carboxylic acids is 2. The Morgan fingerprint density at radius 3 is 2.58 bits per heavy atom. The molecule has 4 rings (SSSR count). The monoisotopic (exact) mass is 465 g/mol. The third-order valence-electron chi connectivity index (χ3n) is 5.97. The first-order valence-electron chi connectivity index (χ1n) is 9.95. The van der Waals surface area contributed by atoms with Crippen molar-refractivity contribution < 1.29 is 18.0 Å². The lowest BCUT2D eigenvalue weighted by Gasteiger charge is -2.37. The molecular formula is C20H24ClN5O4S. The van der Waals surface area contributed by atoms with Crippen LogP contribution < -0.4 is 11.1 Å². The molecule has 3 amide bonds. The van der Waals surface area contributed by atoms with Crippen LogP contribution >= 0.6 is 11.6 Å². The number of carbonyl (C=O) groups is 2. The van der Waals surface area contributed by atoms with E-state index in [1.807, 2.05) is 13.0 Å². The van der Waals surface area contributed by atoms with Crippen LogP contribution in [0.5, 0.6) is 0 Å². The van der Waals surface area contributed by atoms with Crippen molar-refractivity contribution >= 4 is 33.4 Å². The van der Waals surface area contributed by atoms with Crippen molar-refractivity contribution in [3.63, 3.8) is 0 Å². The third kappa shape index (κ3) is 4.14. The summed E-state index contributed by atoms with van der Waals surface area (Å²) in [5.74, 6) is -0.610. The Balaban J connectivity index is 1.53. The number of nitrogens with two attached hydrogens (primary N) is 1. The van der Waals surface area contributed by atoms with Gasteiger partial charge in [-0.3, -0.25) is 9.48 Å². The van der Waals surface area contributed by atoms with Crippen LogP contribution in [0.3, 0.4) is 0 Å². The fourth-order valence-corrected chi connectivity index (χ4v) is 5.32. The fraction of sp³-hybridized carbons (Fsp3) is 0.450. The van der Waals surface area contributed by atoms with E-state index < -0.39 is 21.0 Å². The molecule has 31 heavy (non-hydrogen) atoms. The Morgan fingerprint density at radius 2 is 1.97 bits per heavy atom. The second-order valence-corrected chi connectivity index (χ2v) is 10.9. The maximum absolute atomic E-state index is 12.7. The number of nitrogens with zero attached hydrogens (tertiary/aromatic N) is 3. The molecule has 1 aliphatic carbocycles. The molecule has 0 atom stereocenters. The van der Waals surface area contributed by atoms with Crippen molar-refractivity contribution in [3.8, 4) is 11.3 Å². The summed E-state index contributed by atoms with van der Waals surface area (Å²) < 4.78 is 24.8. The van der Waals surface area contributed by atoms with Crippen LogP contribution in [-0.4, -0.2) is 59.1 Å². The maximum Gasteiger partial charge on any atom is 0.318 e. The number of aryl methyl sites for hydroxylation is 1. The minimum absolute atomic E-state index is 0.165. The molecule has 1 aromatic heterocycles. The lowest BCUT2D eigenvalue weighted by Crippen LogP contribution is -2.54. The summed E-state index contributed by atoms with van der Waals surface area (Å²) >= 11 is 6.12. The van der Waals surface area contributed by atoms with Crippen molar-refractivity contribution in [2.24, 2.45) is 5.73 Å². The van der Waals surface area contributed by atoms with Gasteiger partial charge in [-0.1, -0.05) is 17.7 Å². The van der Waals surface area contributed by atoms with Gasteiger partial charge >= 0.3 is 6.03 Å². The average Bonchev–Trinajstić information content (AvgIpc) is 3.04. The van der Waals surface area contributed by atoms with Crippen LogP contribution in [0.2, 0.25) is 5.02 Å². The number of hydrogen-bond acceptors (Lipinski definition) is 5. The van der Waals surface area contributed by atoms with E-state index in [2.05, 4.69) is 10.4 Å². The van der Waals surface area contributed by atoms with Crippen LogP contribution in [-0.2, 0) is 22.9 Å². The van der Waals surface area contributed by atoms with Crippen LogP contribution in [0.25, 0.3) is 11.3 Å². The molecule has 166 valence electrons. The van der Waals surface area contributed by atoms with Crippen molar-refractivity contribution in [2.75, 3.05) is 12.8 Å². The quantitative estimate of drug-likeness (QED) is 0.710. The molecule has 2 heterocycles. The fourth-order valence-electron chi connectivity index (χ4n) is 4.04. The summed E-state index contributed by atoms with van der Waals surface area (Å²) in [7, 11) is -3.08. The standard InChI is InChI=1S/C20H24ClN5O4S/c1-11-7-12(3-4-15(11)21)18-17(19(22)27)16-10-25(5-6-26(16)24-18)20(28)23-13-8-14(9-13)31(2,29)30/h3-4,7,13-14H,5-6,8-10H2,1-2H3,(H2,22,27)(H,23,28). The molecule has 2 aliphatic rings. The Bertz CT molecular complexity index is 1170. The third-order valence-corrected chi connectivity index (χ3v) is 7.99. The summed E-state index contributed by atoms with van der Waals surface area (Å²) in [6.45, 7) is 2.89. The Labute approximate surface area is 185 Å². The van der Waals surface area contributed by atoms with Gasteiger partial charge < -0.3 is 16.0 Å². The number of hydrogen-bond donors (Lipinski definition) is 2. The number of nitrogens with one attached hydrogen (secondary N) is 1. The molecule has 0 bridgehead atoms. The van der Waals surface area contributed by atoms with Crippen molar-refractivity contribution in [2.45, 2.75) is 44.1 Å². The molecule has 1 fully saturated rings. The van der Waals surface area contributed by atoms with E-state index >= 15 is 0 Å². The van der Waals surface area contributed by atoms with Gasteiger partial charge in [0.1, 0.15) is 15.5 Å². The highest BCUT2D eigenvalue weighted by atomic mass is 35.5. The first kappa shape index (κ1) is 21.6. The van der Waals surface area contributed by atoms with E-state index in [1.54, 1.807) is 21.7 Å². The molecule has 0 saturated heterocycles. The van der Waals surface area contributed by atoms with Gasteiger partial charge in [-0.05, 0) is 37.5 Å². The SMILES string of the molecule is Cc1cc(-c2nn3c(c2C(N)=O)CN(C(=O)NC2CC(S(C)(=O)=O)C2)CC3)ccc1Cl. The molecule has 1 aliphatic heterocycles. The van der Waals surface area contributed by atoms with Crippen LogP contribution in [0.1, 0.15) is 34.5 Å². The summed E-state index contributed by atoms with van der Waals surface area (Å²) in [5.41, 5.74) is 8.62. The van der Waals surface area contributed by atoms with Gasteiger partial charge in [-0.2, -0.15) is 5.10 Å². The molecule has 9 nitrogen and oxygen atoms in total. The summed E-state index contributed by atoms with van der Waals surface area (Å²) in [5, 5.41) is 7.68. The number of halogens is 1. The number of amides is 3. The zero-order chi connectivity index (χ0) is 22.5. The number of rotatable bonds is 4. The van der Waals surface area contributed by atoms with Gasteiger partial charge in [0.25, 0.3) is 5.91 Å². The van der Waals surface area contributed by atoms with Crippen LogP contribution in [0.15, 0.2) is 18.2 Å². The first-order valence-corrected chi connectivity index (χ1v) is 12.3. The van der Waals surface area contributed by atoms with Gasteiger partial charge in [0.05, 0.1) is 29.6 Å². The molecule has 0 spiro atoms. The molecule has 0 radical (unpaired) electrons. The van der Waals surface area contributed by atoms with Gasteiger partial charge in [0.2, 0.25) is 0 Å². The normalized spacial score (nSPS) is 20.7. The largest absolute Gasteiger partial charge is 0.365 e. The number of fused-ring (bicyclic) bond motifs is 1. The number of benzene rings is 1. The molecule has 1 aromatic carbocycles. The van der Waals surface area contributed by atoms with E-state index in [1.165, 1.54) is 6.26 Å². The minimum Gasteiger partial charge on any atom is -0.365 e. The molecule has 11 heteroatoms. The van der Waals surface area contributed by atoms with Crippen molar-refractivity contribution in [1.29, 1.82) is 0 Å². The van der Waals surface area contributed by atoms with E-state index in [0.717, 1.165) is 11.1 Å². The number of urea groups is 1. The first-order chi connectivity index (χ1) is 14.5. The predicted octanol–water partition coefficient (Wildman–Crippen LogP) is 1.71. The number of aromatic nitrogens is 2. The van der Waals surface area contributed by atoms with Gasteiger partial charge in [-0.25, -0.2) is 13.2 Å². The van der Waals surface area contributed by atoms with E-state index in [-0.39, 0.29) is 18.6 Å². The topological polar surface area (TPSA) is 127 Å². The zero-order valence-corrected chi connectivity index (χ0v) is 18.8. The molecular weight excluding hydrogens is 442 g/mol. The van der Waals surface area contributed by atoms with Gasteiger partial charge in [0, 0.05) is 29.4 Å². The lowest BCUT2D eigenvalue weighted by atomic mass is 9.92. The lowest BCUT2D eigenvalue weighted by molar-refractivity contribution is 0.0997. The number of sulfone groups is 1. The van der Waals surface area contributed by atoms with Crippen molar-refractivity contribution in [1.82, 2.24) is 20.0 Å². The highest BCUT2D eigenvalue weighted by molar-refractivity contribution is 7.91. The summed E-state index contributed by atoms with van der Waals surface area (Å²) in [4.78, 5) is 26.6. The van der Waals surface area contributed by atoms with E-state index in [0.29, 0.717) is 47.9 Å². The zero-order valence-electron chi connectivity index (χ0n) is 17.3. The summed E-state index contributed by atoms with van der Waals surface area (Å²) in [6.07, 6.45) is 2.05. The maximum atomic E-state index is 12.7. The van der Waals surface area contributed by atoms with E-state index in [4.69, 9.17) is 17.3 Å². The molecule has 0 unspecified atom stereocenters. The van der Waals surface area contributed by atoms with Gasteiger partial charge in [-0.15, -0.1) is 0 Å². The molecule has 1 saturated carbocycles. The molecule has 2 aromatic rings. The van der Waals surface area contributed by atoms with Crippen LogP contribution in [0, 0.1) is 6.92 Å². The van der Waals surface area contributed by atoms with Gasteiger partial charge in [0.15, 0.2) is 0 Å². The second kappa shape index (κ2) is 7.83. The summed E-state index contributed by atoms with van der Waals surface area (Å²) in [6, 6.07) is 4.93. The minimum atomic E-state index is -3.08. The van der Waals surface area contributed by atoms with E-state index in [9.17, 15) is 18.0 Å². The Morgan fingerprint density at radius 1 is 1.26 bits per heavy atom. The molecule has 3 N–H and O–H groups in total. The smallest absolute Gasteiger partial charge is 0.318 e. The van der Waals surface area contributed by atoms with Crippen LogP contribution in [0.4, 0.5) is 4.79 Å². The highest BCUT2D eigenvalue weighted by Gasteiger charge is 2.38. The Hall–Kier alpha value is -2.59. The average molecular weight is 466 g/mol. The van der Waals surface area contributed by atoms with Crippen molar-refractivity contribution in [3.05, 3.63) is 40.0 Å². The number of primary amides is 1. The second-order valence-electron chi connectivity index (χ2n) is 8.21.